The monoisotopic (exact) mass is 417 g/mol. The summed E-state index contributed by atoms with van der Waals surface area (Å²) in [5.74, 6) is 1.16. The summed E-state index contributed by atoms with van der Waals surface area (Å²) >= 11 is 0. The summed E-state index contributed by atoms with van der Waals surface area (Å²) in [6, 6.07) is 11.5. The summed E-state index contributed by atoms with van der Waals surface area (Å²) in [4.78, 5) is 16.4. The molecule has 0 amide bonds. The molecule has 0 radical (unpaired) electrons. The zero-order chi connectivity index (χ0) is 20.7. The van der Waals surface area contributed by atoms with Crippen LogP contribution in [0.4, 0.5) is 11.6 Å². The Bertz CT molecular complexity index is 1180. The number of nitriles is 1. The predicted octanol–water partition coefficient (Wildman–Crippen LogP) is 2.96. The van der Waals surface area contributed by atoms with Gasteiger partial charge in [-0.3, -0.25) is 9.19 Å². The van der Waals surface area contributed by atoms with E-state index in [1.165, 1.54) is 5.56 Å². The van der Waals surface area contributed by atoms with Crippen molar-refractivity contribution in [1.82, 2.24) is 15.0 Å². The van der Waals surface area contributed by atoms with Gasteiger partial charge in [0.1, 0.15) is 0 Å². The van der Waals surface area contributed by atoms with Crippen LogP contribution in [0.25, 0.3) is 11.3 Å². The van der Waals surface area contributed by atoms with Crippen LogP contribution in [0.15, 0.2) is 53.8 Å². The Kier molecular flexibility index (Phi) is 4.57. The van der Waals surface area contributed by atoms with Gasteiger partial charge in [-0.25, -0.2) is 9.97 Å². The van der Waals surface area contributed by atoms with Crippen LogP contribution in [-0.4, -0.2) is 44.7 Å². The largest absolute Gasteiger partial charge is 0.379 e. The highest BCUT2D eigenvalue weighted by molar-refractivity contribution is 7.85. The quantitative estimate of drug-likeness (QED) is 0.644. The van der Waals surface area contributed by atoms with E-state index < -0.39 is 10.8 Å². The molecule has 2 aromatic heterocycles. The molecule has 0 saturated carbocycles. The molecule has 1 atom stereocenters. The second-order valence-corrected chi connectivity index (χ2v) is 9.23. The number of anilines is 2. The Morgan fingerprint density at radius 2 is 2.00 bits per heavy atom. The normalized spacial score (nSPS) is 17.3. The standard InChI is InChI=1S/C22H19N5O2S/c1-2-30(28)17-3-4-18-20(8-17)27(12-22(18)13-29-14-22)21-25-10-16(11-26-21)19-7-15(9-23)5-6-24-19/h3-8,10-11H,2,12-14H2,1H3/t30-/m1/s1. The first-order chi connectivity index (χ1) is 14.6. The van der Waals surface area contributed by atoms with Gasteiger partial charge in [0, 0.05) is 47.0 Å². The molecule has 2 aliphatic heterocycles. The van der Waals surface area contributed by atoms with Crippen molar-refractivity contribution in [3.63, 3.8) is 0 Å². The maximum Gasteiger partial charge on any atom is 0.229 e. The number of hydrogen-bond acceptors (Lipinski definition) is 7. The van der Waals surface area contributed by atoms with Crippen LogP contribution < -0.4 is 4.90 Å². The molecular weight excluding hydrogens is 398 g/mol. The van der Waals surface area contributed by atoms with Crippen molar-refractivity contribution < 1.29 is 8.95 Å². The average Bonchev–Trinajstić information content (AvgIpc) is 3.14. The molecule has 0 bridgehead atoms. The average molecular weight is 417 g/mol. The molecule has 3 aromatic rings. The van der Waals surface area contributed by atoms with E-state index in [1.807, 2.05) is 19.1 Å². The van der Waals surface area contributed by atoms with Crippen molar-refractivity contribution in [2.75, 3.05) is 30.4 Å². The SMILES string of the molecule is CC[S@@](=O)c1ccc2c(c1)N(c1ncc(-c3cc(C#N)ccn3)cn1)CC21COC1. The zero-order valence-electron chi connectivity index (χ0n) is 16.4. The van der Waals surface area contributed by atoms with Crippen molar-refractivity contribution in [2.24, 2.45) is 0 Å². The maximum absolute atomic E-state index is 12.4. The molecule has 1 fully saturated rings. The minimum Gasteiger partial charge on any atom is -0.379 e. The summed E-state index contributed by atoms with van der Waals surface area (Å²) in [6.07, 6.45) is 5.05. The first-order valence-corrected chi connectivity index (χ1v) is 11.0. The highest BCUT2D eigenvalue weighted by atomic mass is 32.2. The van der Waals surface area contributed by atoms with Gasteiger partial charge >= 0.3 is 0 Å². The number of hydrogen-bond donors (Lipinski definition) is 0. The van der Waals surface area contributed by atoms with Gasteiger partial charge in [-0.2, -0.15) is 5.26 Å². The summed E-state index contributed by atoms with van der Waals surface area (Å²) in [5.41, 5.74) is 4.08. The Morgan fingerprint density at radius 3 is 2.67 bits per heavy atom. The molecule has 8 heteroatoms. The van der Waals surface area contributed by atoms with E-state index in [0.29, 0.717) is 36.2 Å². The van der Waals surface area contributed by atoms with Gasteiger partial charge in [-0.1, -0.05) is 13.0 Å². The van der Waals surface area contributed by atoms with Crippen molar-refractivity contribution in [1.29, 1.82) is 5.26 Å². The Morgan fingerprint density at radius 1 is 1.20 bits per heavy atom. The fraction of sp³-hybridized carbons (Fsp3) is 0.273. The molecule has 150 valence electrons. The third-order valence-corrected chi connectivity index (χ3v) is 6.94. The molecule has 2 aliphatic rings. The number of fused-ring (bicyclic) bond motifs is 2. The van der Waals surface area contributed by atoms with Gasteiger partial charge in [0.15, 0.2) is 0 Å². The Hall–Kier alpha value is -3.15. The number of ether oxygens (including phenoxy) is 1. The molecule has 1 spiro atoms. The van der Waals surface area contributed by atoms with Gasteiger partial charge < -0.3 is 9.64 Å². The van der Waals surface area contributed by atoms with E-state index >= 15 is 0 Å². The van der Waals surface area contributed by atoms with Crippen molar-refractivity contribution in [2.45, 2.75) is 17.2 Å². The molecule has 5 rings (SSSR count). The number of benzene rings is 1. The first kappa shape index (κ1) is 18.9. The van der Waals surface area contributed by atoms with Crippen molar-refractivity contribution >= 4 is 22.4 Å². The molecule has 4 heterocycles. The lowest BCUT2D eigenvalue weighted by Gasteiger charge is -2.38. The Balaban J connectivity index is 1.52. The van der Waals surface area contributed by atoms with E-state index in [-0.39, 0.29) is 5.41 Å². The van der Waals surface area contributed by atoms with E-state index in [0.717, 1.165) is 22.7 Å². The molecule has 0 N–H and O–H groups in total. The minimum absolute atomic E-state index is 0.0632. The fourth-order valence-electron chi connectivity index (χ4n) is 3.99. The summed E-state index contributed by atoms with van der Waals surface area (Å²) in [6.45, 7) is 3.97. The highest BCUT2D eigenvalue weighted by Crippen LogP contribution is 2.48. The van der Waals surface area contributed by atoms with Crippen LogP contribution in [0.3, 0.4) is 0 Å². The third-order valence-electron chi connectivity index (χ3n) is 5.64. The predicted molar refractivity (Wildman–Crippen MR) is 113 cm³/mol. The van der Waals surface area contributed by atoms with Crippen LogP contribution in [0.2, 0.25) is 0 Å². The van der Waals surface area contributed by atoms with E-state index in [4.69, 9.17) is 10.00 Å². The van der Waals surface area contributed by atoms with Crippen molar-refractivity contribution in [3.8, 4) is 17.3 Å². The van der Waals surface area contributed by atoms with Crippen molar-refractivity contribution in [3.05, 3.63) is 60.0 Å². The number of rotatable bonds is 4. The minimum atomic E-state index is -1.03. The molecule has 0 aliphatic carbocycles. The molecule has 0 unspecified atom stereocenters. The lowest BCUT2D eigenvalue weighted by molar-refractivity contribution is -0.0507. The van der Waals surface area contributed by atoms with Crippen LogP contribution in [-0.2, 0) is 21.0 Å². The number of aromatic nitrogens is 3. The van der Waals surface area contributed by atoms with Gasteiger partial charge in [0.25, 0.3) is 0 Å². The van der Waals surface area contributed by atoms with Gasteiger partial charge in [-0.15, -0.1) is 0 Å². The third kappa shape index (κ3) is 2.98. The molecule has 1 aromatic carbocycles. The summed E-state index contributed by atoms with van der Waals surface area (Å²) < 4.78 is 17.9. The summed E-state index contributed by atoms with van der Waals surface area (Å²) in [5, 5.41) is 9.10. The van der Waals surface area contributed by atoms with E-state index in [9.17, 15) is 4.21 Å². The van der Waals surface area contributed by atoms with Crippen LogP contribution in [0, 0.1) is 11.3 Å². The zero-order valence-corrected chi connectivity index (χ0v) is 17.2. The summed E-state index contributed by atoms with van der Waals surface area (Å²) in [7, 11) is -1.03. The Labute approximate surface area is 176 Å². The van der Waals surface area contributed by atoms with Crippen LogP contribution in [0.5, 0.6) is 0 Å². The second-order valence-electron chi connectivity index (χ2n) is 7.49. The fourth-order valence-corrected chi connectivity index (χ4v) is 4.79. The van der Waals surface area contributed by atoms with Crippen LogP contribution in [0.1, 0.15) is 18.1 Å². The maximum atomic E-state index is 12.4. The number of pyridine rings is 1. The van der Waals surface area contributed by atoms with E-state index in [2.05, 4.69) is 32.0 Å². The van der Waals surface area contributed by atoms with Crippen LogP contribution >= 0.6 is 0 Å². The first-order valence-electron chi connectivity index (χ1n) is 9.70. The van der Waals surface area contributed by atoms with E-state index in [1.54, 1.807) is 30.7 Å². The lowest BCUT2D eigenvalue weighted by atomic mass is 9.81. The van der Waals surface area contributed by atoms with Gasteiger partial charge in [-0.05, 0) is 29.8 Å². The molecular formula is C22H19N5O2S. The van der Waals surface area contributed by atoms with Gasteiger partial charge in [0.2, 0.25) is 5.95 Å². The molecule has 30 heavy (non-hydrogen) atoms. The van der Waals surface area contributed by atoms with Gasteiger partial charge in [0.05, 0.1) is 46.8 Å². The topological polar surface area (TPSA) is 92.0 Å². The molecule has 1 saturated heterocycles. The smallest absolute Gasteiger partial charge is 0.229 e. The number of nitrogens with zero attached hydrogens (tertiary/aromatic N) is 5. The second kappa shape index (κ2) is 7.27. The lowest BCUT2D eigenvalue weighted by Crippen LogP contribution is -2.49. The highest BCUT2D eigenvalue weighted by Gasteiger charge is 2.49. The molecule has 7 nitrogen and oxygen atoms in total.